The van der Waals surface area contributed by atoms with Gasteiger partial charge in [0, 0.05) is 7.11 Å². The minimum Gasteiger partial charge on any atom is -0.400 e. The smallest absolute Gasteiger partial charge is 0.400 e. The number of alkyl halides is 3. The molecule has 0 saturated heterocycles. The Labute approximate surface area is 79.1 Å². The molecule has 0 bridgehead atoms. The highest BCUT2D eigenvalue weighted by molar-refractivity contribution is 5.64. The van der Waals surface area contributed by atoms with Crippen LogP contribution in [0.4, 0.5) is 24.5 Å². The van der Waals surface area contributed by atoms with Crippen LogP contribution in [-0.2, 0) is 6.18 Å². The summed E-state index contributed by atoms with van der Waals surface area (Å²) in [6.07, 6.45) is -4.36. The molecule has 0 aliphatic rings. The van der Waals surface area contributed by atoms with Crippen molar-refractivity contribution in [2.24, 2.45) is 0 Å². The molecule has 0 saturated carbocycles. The number of halogens is 3. The highest BCUT2D eigenvalue weighted by atomic mass is 19.4. The van der Waals surface area contributed by atoms with E-state index >= 15 is 0 Å². The van der Waals surface area contributed by atoms with E-state index in [9.17, 15) is 13.2 Å². The molecule has 0 unspecified atom stereocenters. The van der Waals surface area contributed by atoms with Gasteiger partial charge in [0.15, 0.2) is 0 Å². The Morgan fingerprint density at radius 3 is 1.93 bits per heavy atom. The van der Waals surface area contributed by atoms with Gasteiger partial charge in [-0.1, -0.05) is 0 Å². The average Bonchev–Trinajstić information content (AvgIpc) is 2.11. The Bertz CT molecular complexity index is 299. The summed E-state index contributed by atoms with van der Waals surface area (Å²) in [5, 5.41) is 7.00. The van der Waals surface area contributed by atoms with Crippen LogP contribution in [0.1, 0.15) is 5.56 Å². The number of aliphatic hydroxyl groups excluding tert-OH is 1. The summed E-state index contributed by atoms with van der Waals surface area (Å²) in [4.78, 5) is 0. The topological polar surface area (TPSA) is 72.3 Å². The van der Waals surface area contributed by atoms with Crippen LogP contribution in [-0.4, -0.2) is 12.2 Å². The van der Waals surface area contributed by atoms with Crippen molar-refractivity contribution < 1.29 is 18.3 Å². The maximum Gasteiger partial charge on any atom is 0.416 e. The Balaban J connectivity index is 0.000000791. The molecule has 1 rings (SSSR count). The maximum atomic E-state index is 12.0. The lowest BCUT2D eigenvalue weighted by atomic mass is 10.2. The van der Waals surface area contributed by atoms with Gasteiger partial charge in [-0.05, 0) is 18.2 Å². The molecule has 5 N–H and O–H groups in total. The van der Waals surface area contributed by atoms with Crippen molar-refractivity contribution in [1.82, 2.24) is 0 Å². The first-order valence-electron chi connectivity index (χ1n) is 3.58. The van der Waals surface area contributed by atoms with Crippen LogP contribution in [0.2, 0.25) is 0 Å². The Morgan fingerprint density at radius 1 is 1.07 bits per heavy atom. The standard InChI is InChI=1S/C7H7F3N2.CH4O/c8-7(9,10)4-1-2-5(11)6(12)3-4;1-2/h1-3H,11-12H2;2H,1H3. The van der Waals surface area contributed by atoms with Crippen LogP contribution in [0.3, 0.4) is 0 Å². The fourth-order valence-corrected chi connectivity index (χ4v) is 0.751. The van der Waals surface area contributed by atoms with Crippen LogP contribution in [0.5, 0.6) is 0 Å². The molecule has 0 aromatic heterocycles. The molecule has 0 amide bonds. The number of hydrogen-bond acceptors (Lipinski definition) is 3. The molecule has 14 heavy (non-hydrogen) atoms. The molecule has 6 heteroatoms. The summed E-state index contributed by atoms with van der Waals surface area (Å²) >= 11 is 0. The van der Waals surface area contributed by atoms with Gasteiger partial charge in [-0.3, -0.25) is 0 Å². The minimum absolute atomic E-state index is 0.0511. The van der Waals surface area contributed by atoms with Gasteiger partial charge >= 0.3 is 6.18 Å². The highest BCUT2D eigenvalue weighted by Gasteiger charge is 2.30. The van der Waals surface area contributed by atoms with Crippen LogP contribution in [0.25, 0.3) is 0 Å². The van der Waals surface area contributed by atoms with E-state index in [1.807, 2.05) is 0 Å². The Morgan fingerprint density at radius 2 is 1.57 bits per heavy atom. The van der Waals surface area contributed by atoms with Crippen molar-refractivity contribution in [3.63, 3.8) is 0 Å². The van der Waals surface area contributed by atoms with Crippen molar-refractivity contribution in [1.29, 1.82) is 0 Å². The lowest BCUT2D eigenvalue weighted by Gasteiger charge is -2.07. The number of nitrogen functional groups attached to an aromatic ring is 2. The second-order valence-electron chi connectivity index (χ2n) is 2.34. The summed E-state index contributed by atoms with van der Waals surface area (Å²) in [6, 6.07) is 2.85. The second kappa shape index (κ2) is 4.71. The number of anilines is 2. The third-order valence-electron chi connectivity index (χ3n) is 1.41. The van der Waals surface area contributed by atoms with E-state index in [1.165, 1.54) is 0 Å². The SMILES string of the molecule is CO.Nc1ccc(C(F)(F)F)cc1N. The zero-order valence-corrected chi connectivity index (χ0v) is 7.47. The van der Waals surface area contributed by atoms with Crippen molar-refractivity contribution in [2.45, 2.75) is 6.18 Å². The van der Waals surface area contributed by atoms with Gasteiger partial charge < -0.3 is 16.6 Å². The quantitative estimate of drug-likeness (QED) is 0.565. The first-order valence-corrected chi connectivity index (χ1v) is 3.58. The molecule has 80 valence electrons. The molecule has 0 fully saturated rings. The number of aliphatic hydroxyl groups is 1. The summed E-state index contributed by atoms with van der Waals surface area (Å²) in [5.41, 5.74) is 9.75. The zero-order valence-electron chi connectivity index (χ0n) is 7.47. The van der Waals surface area contributed by atoms with E-state index in [-0.39, 0.29) is 11.4 Å². The predicted molar refractivity (Wildman–Crippen MR) is 48.4 cm³/mol. The van der Waals surface area contributed by atoms with Gasteiger partial charge in [-0.25, -0.2) is 0 Å². The fraction of sp³-hybridized carbons (Fsp3) is 0.250. The van der Waals surface area contributed by atoms with Crippen LogP contribution >= 0.6 is 0 Å². The van der Waals surface area contributed by atoms with Gasteiger partial charge in [0.1, 0.15) is 0 Å². The molecule has 1 aromatic carbocycles. The summed E-state index contributed by atoms with van der Waals surface area (Å²) in [7, 11) is 1.00. The molecule has 0 heterocycles. The minimum atomic E-state index is -4.36. The fourth-order valence-electron chi connectivity index (χ4n) is 0.751. The number of benzene rings is 1. The number of nitrogens with two attached hydrogens (primary N) is 2. The Kier molecular flexibility index (Phi) is 4.23. The van der Waals surface area contributed by atoms with E-state index in [4.69, 9.17) is 16.6 Å². The van der Waals surface area contributed by atoms with Crippen LogP contribution < -0.4 is 11.5 Å². The molecule has 3 nitrogen and oxygen atoms in total. The molecular formula is C8H11F3N2O. The maximum absolute atomic E-state index is 12.0. The lowest BCUT2D eigenvalue weighted by molar-refractivity contribution is -0.137. The van der Waals surface area contributed by atoms with E-state index in [2.05, 4.69) is 0 Å². The predicted octanol–water partition coefficient (Wildman–Crippen LogP) is 1.48. The van der Waals surface area contributed by atoms with E-state index < -0.39 is 11.7 Å². The largest absolute Gasteiger partial charge is 0.416 e. The summed E-state index contributed by atoms with van der Waals surface area (Å²) < 4.78 is 36.0. The monoisotopic (exact) mass is 208 g/mol. The first kappa shape index (κ1) is 12.6. The molecule has 0 aliphatic carbocycles. The highest BCUT2D eigenvalue weighted by Crippen LogP contribution is 2.31. The summed E-state index contributed by atoms with van der Waals surface area (Å²) in [6.45, 7) is 0. The Hall–Kier alpha value is -1.43. The third-order valence-corrected chi connectivity index (χ3v) is 1.41. The van der Waals surface area contributed by atoms with Crippen molar-refractivity contribution >= 4 is 11.4 Å². The van der Waals surface area contributed by atoms with Gasteiger partial charge in [0.25, 0.3) is 0 Å². The molecule has 0 aliphatic heterocycles. The number of rotatable bonds is 0. The average molecular weight is 208 g/mol. The zero-order chi connectivity index (χ0) is 11.4. The third kappa shape index (κ3) is 3.14. The summed E-state index contributed by atoms with van der Waals surface area (Å²) in [5.74, 6) is 0. The van der Waals surface area contributed by atoms with Gasteiger partial charge in [0.2, 0.25) is 0 Å². The normalized spacial score (nSPS) is 10.4. The second-order valence-corrected chi connectivity index (χ2v) is 2.34. The van der Waals surface area contributed by atoms with Crippen molar-refractivity contribution in [3.05, 3.63) is 23.8 Å². The molecule has 1 aromatic rings. The molecule has 0 atom stereocenters. The lowest BCUT2D eigenvalue weighted by Crippen LogP contribution is -2.06. The number of hydrogen-bond donors (Lipinski definition) is 3. The van der Waals surface area contributed by atoms with Gasteiger partial charge in [-0.2, -0.15) is 13.2 Å². The first-order chi connectivity index (χ1) is 6.41. The van der Waals surface area contributed by atoms with E-state index in [0.717, 1.165) is 25.3 Å². The van der Waals surface area contributed by atoms with Crippen molar-refractivity contribution in [2.75, 3.05) is 18.6 Å². The van der Waals surface area contributed by atoms with Crippen molar-refractivity contribution in [3.8, 4) is 0 Å². The van der Waals surface area contributed by atoms with Crippen LogP contribution in [0, 0.1) is 0 Å². The van der Waals surface area contributed by atoms with Gasteiger partial charge in [0.05, 0.1) is 16.9 Å². The van der Waals surface area contributed by atoms with E-state index in [0.29, 0.717) is 0 Å². The molecule has 0 spiro atoms. The molecular weight excluding hydrogens is 197 g/mol. The van der Waals surface area contributed by atoms with Gasteiger partial charge in [-0.15, -0.1) is 0 Å². The van der Waals surface area contributed by atoms with Crippen LogP contribution in [0.15, 0.2) is 18.2 Å². The van der Waals surface area contributed by atoms with E-state index in [1.54, 1.807) is 0 Å². The molecule has 0 radical (unpaired) electrons.